The van der Waals surface area contributed by atoms with Gasteiger partial charge in [-0.05, 0) is 67.7 Å². The highest BCUT2D eigenvalue weighted by Crippen LogP contribution is 2.38. The number of sulfonamides is 1. The van der Waals surface area contributed by atoms with Crippen LogP contribution in [0.5, 0.6) is 0 Å². The first-order valence-corrected chi connectivity index (χ1v) is 13.0. The van der Waals surface area contributed by atoms with E-state index in [1.165, 1.54) is 0 Å². The molecule has 1 heterocycles. The molecule has 0 fully saturated rings. The van der Waals surface area contributed by atoms with Gasteiger partial charge in [0.15, 0.2) is 0 Å². The van der Waals surface area contributed by atoms with E-state index in [1.807, 2.05) is 19.1 Å². The number of benzene rings is 1. The van der Waals surface area contributed by atoms with Gasteiger partial charge in [-0.3, -0.25) is 9.78 Å². The lowest BCUT2D eigenvalue weighted by atomic mass is 9.70. The molecule has 0 radical (unpaired) electrons. The van der Waals surface area contributed by atoms with Gasteiger partial charge in [0.05, 0.1) is 4.90 Å². The van der Waals surface area contributed by atoms with Crippen LogP contribution in [0.15, 0.2) is 65.3 Å². The number of carbonyl (C=O) groups excluding carboxylic acids is 1. The molecule has 1 aliphatic carbocycles. The Morgan fingerprint density at radius 2 is 1.88 bits per heavy atom. The highest BCUT2D eigenvalue weighted by atomic mass is 32.2. The van der Waals surface area contributed by atoms with E-state index >= 15 is 0 Å². The highest BCUT2D eigenvalue weighted by Gasteiger charge is 2.33. The monoisotopic (exact) mass is 469 g/mol. The zero-order valence-electron chi connectivity index (χ0n) is 19.9. The van der Waals surface area contributed by atoms with Crippen LogP contribution in [0.2, 0.25) is 0 Å². The average molecular weight is 470 g/mol. The maximum Gasteiger partial charge on any atom is 0.240 e. The number of aryl methyl sites for hydroxylation is 1. The first-order chi connectivity index (χ1) is 15.7. The van der Waals surface area contributed by atoms with Gasteiger partial charge in [-0.15, -0.1) is 0 Å². The lowest BCUT2D eigenvalue weighted by molar-refractivity contribution is -0.122. The van der Waals surface area contributed by atoms with Crippen molar-refractivity contribution in [3.05, 3.63) is 71.6 Å². The molecule has 0 saturated heterocycles. The Bertz CT molecular complexity index is 1060. The van der Waals surface area contributed by atoms with Crippen molar-refractivity contribution >= 4 is 15.9 Å². The Kier molecular flexibility index (Phi) is 8.43. The van der Waals surface area contributed by atoms with Crippen LogP contribution >= 0.6 is 0 Å². The standard InChI is InChI=1S/C26H35N3O3S/c1-18(2)25-13-22(14-26(30)28-16-21-6-5-11-27-15-21)20(4)12-23(25)17-29-33(31,32)24-9-7-19(3)8-10-24/h5-12,15,18,22-23,25,29H,13-14,16-17H2,1-4H3,(H,28,30)/t22-,23-,25-/m0/s1. The Morgan fingerprint density at radius 3 is 2.52 bits per heavy atom. The van der Waals surface area contributed by atoms with Crippen LogP contribution in [0.3, 0.4) is 0 Å². The second-order valence-corrected chi connectivity index (χ2v) is 11.2. The van der Waals surface area contributed by atoms with Crippen LogP contribution in [0.4, 0.5) is 0 Å². The largest absolute Gasteiger partial charge is 0.352 e. The maximum atomic E-state index is 12.8. The first-order valence-electron chi connectivity index (χ1n) is 11.6. The average Bonchev–Trinajstić information content (AvgIpc) is 2.78. The zero-order valence-corrected chi connectivity index (χ0v) is 20.7. The molecule has 0 spiro atoms. The van der Waals surface area contributed by atoms with Crippen LogP contribution in [-0.2, 0) is 21.4 Å². The minimum absolute atomic E-state index is 0.0256. The van der Waals surface area contributed by atoms with E-state index in [0.29, 0.717) is 31.3 Å². The number of carbonyl (C=O) groups is 1. The summed E-state index contributed by atoms with van der Waals surface area (Å²) < 4.78 is 28.3. The summed E-state index contributed by atoms with van der Waals surface area (Å²) in [5.74, 6) is 0.962. The number of aromatic nitrogens is 1. The third kappa shape index (κ3) is 6.98. The summed E-state index contributed by atoms with van der Waals surface area (Å²) in [5.41, 5.74) is 3.15. The molecule has 0 bridgehead atoms. The minimum atomic E-state index is -3.56. The number of nitrogens with zero attached hydrogens (tertiary/aromatic N) is 1. The fourth-order valence-electron chi connectivity index (χ4n) is 4.51. The lowest BCUT2D eigenvalue weighted by Gasteiger charge is -2.37. The van der Waals surface area contributed by atoms with Crippen molar-refractivity contribution in [2.75, 3.05) is 6.54 Å². The number of nitrogens with one attached hydrogen (secondary N) is 2. The van der Waals surface area contributed by atoms with Crippen molar-refractivity contribution in [2.24, 2.45) is 23.7 Å². The number of allylic oxidation sites excluding steroid dienone is 1. The lowest BCUT2D eigenvalue weighted by Crippen LogP contribution is -2.37. The van der Waals surface area contributed by atoms with Crippen molar-refractivity contribution in [3.63, 3.8) is 0 Å². The second kappa shape index (κ2) is 11.1. The smallest absolute Gasteiger partial charge is 0.240 e. The summed E-state index contributed by atoms with van der Waals surface area (Å²) in [7, 11) is -3.56. The SMILES string of the molecule is CC1=C[C@@H](CNS(=O)(=O)c2ccc(C)cc2)[C@H](C(C)C)C[C@H]1CC(=O)NCc1cccnc1. The van der Waals surface area contributed by atoms with E-state index in [-0.39, 0.29) is 22.6 Å². The van der Waals surface area contributed by atoms with E-state index in [0.717, 1.165) is 23.1 Å². The number of hydrogen-bond acceptors (Lipinski definition) is 4. The number of amides is 1. The third-order valence-electron chi connectivity index (χ3n) is 6.57. The van der Waals surface area contributed by atoms with E-state index < -0.39 is 10.0 Å². The van der Waals surface area contributed by atoms with Crippen LogP contribution in [-0.4, -0.2) is 25.9 Å². The molecule has 33 heavy (non-hydrogen) atoms. The van der Waals surface area contributed by atoms with Crippen molar-refractivity contribution < 1.29 is 13.2 Å². The minimum Gasteiger partial charge on any atom is -0.352 e. The molecule has 7 heteroatoms. The van der Waals surface area contributed by atoms with Crippen LogP contribution < -0.4 is 10.0 Å². The molecule has 0 aliphatic heterocycles. The predicted molar refractivity (Wildman–Crippen MR) is 131 cm³/mol. The molecular weight excluding hydrogens is 434 g/mol. The van der Waals surface area contributed by atoms with E-state index in [2.05, 4.69) is 41.9 Å². The van der Waals surface area contributed by atoms with Crippen molar-refractivity contribution in [1.29, 1.82) is 0 Å². The number of pyridine rings is 1. The summed E-state index contributed by atoms with van der Waals surface area (Å²) in [5, 5.41) is 2.99. The number of rotatable bonds is 9. The van der Waals surface area contributed by atoms with E-state index in [4.69, 9.17) is 0 Å². The van der Waals surface area contributed by atoms with Gasteiger partial charge in [-0.25, -0.2) is 13.1 Å². The van der Waals surface area contributed by atoms with Gasteiger partial charge in [-0.1, -0.05) is 49.3 Å². The molecule has 0 saturated carbocycles. The predicted octanol–water partition coefficient (Wildman–Crippen LogP) is 4.23. The highest BCUT2D eigenvalue weighted by molar-refractivity contribution is 7.89. The first kappa shape index (κ1) is 25.1. The molecule has 2 N–H and O–H groups in total. The van der Waals surface area contributed by atoms with Crippen LogP contribution in [0.1, 0.15) is 44.7 Å². The van der Waals surface area contributed by atoms with E-state index in [9.17, 15) is 13.2 Å². The molecular formula is C26H35N3O3S. The van der Waals surface area contributed by atoms with Crippen LogP contribution in [0, 0.1) is 30.6 Å². The van der Waals surface area contributed by atoms with Gasteiger partial charge in [0.25, 0.3) is 0 Å². The molecule has 1 amide bonds. The summed E-state index contributed by atoms with van der Waals surface area (Å²) in [6, 6.07) is 10.7. The molecule has 2 aromatic rings. The van der Waals surface area contributed by atoms with Crippen molar-refractivity contribution in [2.45, 2.75) is 52.0 Å². The Morgan fingerprint density at radius 1 is 1.15 bits per heavy atom. The van der Waals surface area contributed by atoms with Gasteiger partial charge in [-0.2, -0.15) is 0 Å². The summed E-state index contributed by atoms with van der Waals surface area (Å²) in [4.78, 5) is 16.9. The maximum absolute atomic E-state index is 12.8. The van der Waals surface area contributed by atoms with Gasteiger partial charge in [0.1, 0.15) is 0 Å². The fraction of sp³-hybridized carbons (Fsp3) is 0.462. The summed E-state index contributed by atoms with van der Waals surface area (Å²) in [6.07, 6.45) is 6.95. The Balaban J connectivity index is 1.62. The topological polar surface area (TPSA) is 88.2 Å². The van der Waals surface area contributed by atoms with E-state index in [1.54, 1.807) is 36.7 Å². The molecule has 3 atom stereocenters. The van der Waals surface area contributed by atoms with Crippen LogP contribution in [0.25, 0.3) is 0 Å². The fourth-order valence-corrected chi connectivity index (χ4v) is 5.59. The Hall–Kier alpha value is -2.51. The van der Waals surface area contributed by atoms with Gasteiger partial charge in [0, 0.05) is 31.9 Å². The zero-order chi connectivity index (χ0) is 24.0. The molecule has 3 rings (SSSR count). The van der Waals surface area contributed by atoms with Gasteiger partial charge < -0.3 is 5.32 Å². The molecule has 178 valence electrons. The van der Waals surface area contributed by atoms with Gasteiger partial charge >= 0.3 is 0 Å². The molecule has 0 unspecified atom stereocenters. The molecule has 1 aromatic carbocycles. The summed E-state index contributed by atoms with van der Waals surface area (Å²) >= 11 is 0. The summed E-state index contributed by atoms with van der Waals surface area (Å²) in [6.45, 7) is 9.15. The second-order valence-electron chi connectivity index (χ2n) is 9.42. The quantitative estimate of drug-likeness (QED) is 0.538. The Labute approximate surface area is 198 Å². The molecule has 1 aromatic heterocycles. The van der Waals surface area contributed by atoms with Gasteiger partial charge in [0.2, 0.25) is 15.9 Å². The van der Waals surface area contributed by atoms with Crippen molar-refractivity contribution in [1.82, 2.24) is 15.0 Å². The third-order valence-corrected chi connectivity index (χ3v) is 8.01. The molecule has 1 aliphatic rings. The normalized spacial score (nSPS) is 21.0. The van der Waals surface area contributed by atoms with Crippen molar-refractivity contribution in [3.8, 4) is 0 Å². The molecule has 6 nitrogen and oxygen atoms in total. The number of hydrogen-bond donors (Lipinski definition) is 2.